The predicted octanol–water partition coefficient (Wildman–Crippen LogP) is 3.29. The van der Waals surface area contributed by atoms with Crippen molar-refractivity contribution >= 4 is 67.5 Å². The van der Waals surface area contributed by atoms with E-state index in [4.69, 9.17) is 0 Å². The fourth-order valence-corrected chi connectivity index (χ4v) is 4.99. The number of thioether (sulfide) groups is 1. The van der Waals surface area contributed by atoms with Crippen molar-refractivity contribution < 1.29 is 8.42 Å². The zero-order chi connectivity index (χ0) is 17.4. The van der Waals surface area contributed by atoms with Crippen molar-refractivity contribution in [3.63, 3.8) is 0 Å². The van der Waals surface area contributed by atoms with Crippen molar-refractivity contribution in [1.29, 1.82) is 0 Å². The molecule has 1 heterocycles. The molecule has 0 amide bonds. The number of hydrogen-bond acceptors (Lipinski definition) is 4. The van der Waals surface area contributed by atoms with Gasteiger partial charge in [-0.25, -0.2) is 8.42 Å². The third-order valence-electron chi connectivity index (χ3n) is 3.66. The van der Waals surface area contributed by atoms with Crippen LogP contribution in [-0.2, 0) is 9.84 Å². The SMILES string of the molecule is CCNC(=NCC1CCCS1)NCCS(=O)(=O)c1ccc(Br)cc1.I. The number of rotatable bonds is 7. The maximum Gasteiger partial charge on any atom is 0.191 e. The van der Waals surface area contributed by atoms with Gasteiger partial charge in [-0.2, -0.15) is 11.8 Å². The highest BCUT2D eigenvalue weighted by Gasteiger charge is 2.16. The van der Waals surface area contributed by atoms with Crippen molar-refractivity contribution in [1.82, 2.24) is 10.6 Å². The number of guanidine groups is 1. The second kappa shape index (κ2) is 11.7. The fourth-order valence-electron chi connectivity index (χ4n) is 2.39. The molecule has 0 aliphatic carbocycles. The Balaban J connectivity index is 0.00000312. The molecular formula is C16H25BrIN3O2S2. The van der Waals surface area contributed by atoms with Crippen LogP contribution < -0.4 is 10.6 Å². The summed E-state index contributed by atoms with van der Waals surface area (Å²) in [5, 5.41) is 6.88. The molecule has 1 fully saturated rings. The van der Waals surface area contributed by atoms with Crippen LogP contribution in [0, 0.1) is 0 Å². The zero-order valence-corrected chi connectivity index (χ0v) is 19.8. The molecule has 2 rings (SSSR count). The summed E-state index contributed by atoms with van der Waals surface area (Å²) in [5.74, 6) is 1.95. The number of nitrogens with one attached hydrogen (secondary N) is 2. The van der Waals surface area contributed by atoms with Gasteiger partial charge >= 0.3 is 0 Å². The molecule has 1 saturated heterocycles. The molecule has 1 aromatic carbocycles. The van der Waals surface area contributed by atoms with E-state index in [1.54, 1.807) is 24.3 Å². The average Bonchev–Trinajstić information content (AvgIpc) is 3.06. The molecule has 1 aliphatic heterocycles. The van der Waals surface area contributed by atoms with Gasteiger partial charge in [-0.15, -0.1) is 24.0 Å². The normalized spacial score (nSPS) is 17.8. The molecule has 9 heteroatoms. The molecule has 1 aliphatic rings. The van der Waals surface area contributed by atoms with E-state index >= 15 is 0 Å². The van der Waals surface area contributed by atoms with Gasteiger partial charge in [0.1, 0.15) is 0 Å². The second-order valence-electron chi connectivity index (χ2n) is 5.55. The van der Waals surface area contributed by atoms with Gasteiger partial charge in [0.2, 0.25) is 0 Å². The van der Waals surface area contributed by atoms with E-state index in [9.17, 15) is 8.42 Å². The van der Waals surface area contributed by atoms with Gasteiger partial charge in [-0.05, 0) is 49.8 Å². The molecule has 1 aromatic rings. The summed E-state index contributed by atoms with van der Waals surface area (Å²) >= 11 is 5.28. The molecule has 0 saturated carbocycles. The maximum atomic E-state index is 12.3. The van der Waals surface area contributed by atoms with Crippen LogP contribution >= 0.6 is 51.7 Å². The molecule has 0 bridgehead atoms. The number of aliphatic imine (C=N–C) groups is 1. The molecule has 1 unspecified atom stereocenters. The third kappa shape index (κ3) is 8.04. The Morgan fingerprint density at radius 2 is 2.04 bits per heavy atom. The lowest BCUT2D eigenvalue weighted by Gasteiger charge is -2.13. The summed E-state index contributed by atoms with van der Waals surface area (Å²) < 4.78 is 25.5. The van der Waals surface area contributed by atoms with Gasteiger partial charge in [-0.1, -0.05) is 15.9 Å². The number of hydrogen-bond donors (Lipinski definition) is 2. The maximum absolute atomic E-state index is 12.3. The van der Waals surface area contributed by atoms with Gasteiger partial charge in [0.15, 0.2) is 15.8 Å². The van der Waals surface area contributed by atoms with E-state index in [1.807, 2.05) is 18.7 Å². The molecule has 5 nitrogen and oxygen atoms in total. The van der Waals surface area contributed by atoms with E-state index in [-0.39, 0.29) is 29.7 Å². The first-order valence-corrected chi connectivity index (χ1v) is 11.6. The van der Waals surface area contributed by atoms with Crippen LogP contribution in [-0.4, -0.2) is 50.8 Å². The van der Waals surface area contributed by atoms with Crippen molar-refractivity contribution in [3.8, 4) is 0 Å². The highest BCUT2D eigenvalue weighted by Crippen LogP contribution is 2.26. The number of sulfone groups is 1. The first-order chi connectivity index (χ1) is 11.5. The Labute approximate surface area is 180 Å². The van der Waals surface area contributed by atoms with E-state index in [1.165, 1.54) is 18.6 Å². The third-order valence-corrected chi connectivity index (χ3v) is 7.30. The minimum absolute atomic E-state index is 0. The second-order valence-corrected chi connectivity index (χ2v) is 9.99. The largest absolute Gasteiger partial charge is 0.357 e. The molecule has 2 N–H and O–H groups in total. The zero-order valence-electron chi connectivity index (χ0n) is 14.2. The first kappa shape index (κ1) is 23.0. The quantitative estimate of drug-likeness (QED) is 0.304. The van der Waals surface area contributed by atoms with E-state index in [2.05, 4.69) is 31.6 Å². The van der Waals surface area contributed by atoms with Crippen LogP contribution in [0.15, 0.2) is 38.6 Å². The summed E-state index contributed by atoms with van der Waals surface area (Å²) in [5.41, 5.74) is 0. The number of nitrogens with zero attached hydrogens (tertiary/aromatic N) is 1. The Bertz CT molecular complexity index is 648. The molecular weight excluding hydrogens is 537 g/mol. The number of halogens is 2. The summed E-state index contributed by atoms with van der Waals surface area (Å²) in [6.45, 7) is 3.87. The van der Waals surface area contributed by atoms with Crippen LogP contribution in [0.2, 0.25) is 0 Å². The summed E-state index contributed by atoms with van der Waals surface area (Å²) in [6, 6.07) is 6.72. The van der Waals surface area contributed by atoms with Crippen molar-refractivity contribution in [2.45, 2.75) is 29.9 Å². The minimum Gasteiger partial charge on any atom is -0.357 e. The summed E-state index contributed by atoms with van der Waals surface area (Å²) in [6.07, 6.45) is 2.48. The Morgan fingerprint density at radius 3 is 2.64 bits per heavy atom. The summed E-state index contributed by atoms with van der Waals surface area (Å²) in [7, 11) is -3.29. The lowest BCUT2D eigenvalue weighted by molar-refractivity contribution is 0.594. The molecule has 142 valence electrons. The van der Waals surface area contributed by atoms with Crippen LogP contribution in [0.3, 0.4) is 0 Å². The van der Waals surface area contributed by atoms with Crippen LogP contribution in [0.1, 0.15) is 19.8 Å². The highest BCUT2D eigenvalue weighted by atomic mass is 127. The van der Waals surface area contributed by atoms with E-state index in [0.717, 1.165) is 17.6 Å². The highest BCUT2D eigenvalue weighted by molar-refractivity contribution is 14.0. The predicted molar refractivity (Wildman–Crippen MR) is 121 cm³/mol. The average molecular weight is 562 g/mol. The molecule has 0 aromatic heterocycles. The molecule has 25 heavy (non-hydrogen) atoms. The Hall–Kier alpha value is -0.000000000000000111. The van der Waals surface area contributed by atoms with Gasteiger partial charge in [0.05, 0.1) is 17.2 Å². The van der Waals surface area contributed by atoms with Crippen molar-refractivity contribution in [3.05, 3.63) is 28.7 Å². The minimum atomic E-state index is -3.29. The lowest BCUT2D eigenvalue weighted by Crippen LogP contribution is -2.40. The molecule has 0 radical (unpaired) electrons. The summed E-state index contributed by atoms with van der Waals surface area (Å²) in [4.78, 5) is 4.92. The Morgan fingerprint density at radius 1 is 1.32 bits per heavy atom. The Kier molecular flexibility index (Phi) is 10.7. The van der Waals surface area contributed by atoms with E-state index < -0.39 is 9.84 Å². The molecule has 0 spiro atoms. The topological polar surface area (TPSA) is 70.6 Å². The van der Waals surface area contributed by atoms with Gasteiger partial charge in [0, 0.05) is 22.8 Å². The fraction of sp³-hybridized carbons (Fsp3) is 0.562. The monoisotopic (exact) mass is 561 g/mol. The van der Waals surface area contributed by atoms with Gasteiger partial charge in [0.25, 0.3) is 0 Å². The number of benzene rings is 1. The first-order valence-electron chi connectivity index (χ1n) is 8.13. The van der Waals surface area contributed by atoms with E-state index in [0.29, 0.717) is 22.6 Å². The smallest absolute Gasteiger partial charge is 0.191 e. The molecule has 1 atom stereocenters. The van der Waals surface area contributed by atoms with Crippen LogP contribution in [0.4, 0.5) is 0 Å². The standard InChI is InChI=1S/C16H24BrN3O2S2.HI/c1-2-18-16(20-12-14-4-3-10-23-14)19-9-11-24(21,22)15-7-5-13(17)6-8-15;/h5-8,14H,2-4,9-12H2,1H3,(H2,18,19,20);1H. The van der Waals surface area contributed by atoms with Crippen LogP contribution in [0.25, 0.3) is 0 Å². The van der Waals surface area contributed by atoms with Crippen molar-refractivity contribution in [2.75, 3.05) is 31.1 Å². The van der Waals surface area contributed by atoms with Crippen LogP contribution in [0.5, 0.6) is 0 Å². The lowest BCUT2D eigenvalue weighted by atomic mass is 10.2. The van der Waals surface area contributed by atoms with Gasteiger partial charge < -0.3 is 10.6 Å². The van der Waals surface area contributed by atoms with Crippen molar-refractivity contribution in [2.24, 2.45) is 4.99 Å². The van der Waals surface area contributed by atoms with Gasteiger partial charge in [-0.3, -0.25) is 4.99 Å².